The van der Waals surface area contributed by atoms with Gasteiger partial charge in [0.05, 0.1) is 11.6 Å². The highest BCUT2D eigenvalue weighted by atomic mass is 19.4. The summed E-state index contributed by atoms with van der Waals surface area (Å²) in [5, 5.41) is 3.03. The lowest BCUT2D eigenvalue weighted by Gasteiger charge is -2.26. The molecule has 1 atom stereocenters. The van der Waals surface area contributed by atoms with Crippen molar-refractivity contribution in [1.29, 1.82) is 0 Å². The standard InChI is InChI=1S/C15H18F3N/c1-19-14(11-7-3-2-4-8-11)12-9-5-6-10-13(12)15(16,17)18/h5-7,9-10,14,19H,2-4,8H2,1H3. The monoisotopic (exact) mass is 269 g/mol. The Kier molecular flexibility index (Phi) is 4.30. The summed E-state index contributed by atoms with van der Waals surface area (Å²) >= 11 is 0. The zero-order valence-electron chi connectivity index (χ0n) is 10.9. The molecule has 0 aliphatic heterocycles. The summed E-state index contributed by atoms with van der Waals surface area (Å²) in [5.41, 5.74) is 0.858. The molecule has 19 heavy (non-hydrogen) atoms. The summed E-state index contributed by atoms with van der Waals surface area (Å²) in [4.78, 5) is 0. The number of nitrogens with one attached hydrogen (secondary N) is 1. The molecule has 0 spiro atoms. The van der Waals surface area contributed by atoms with Crippen molar-refractivity contribution in [2.24, 2.45) is 0 Å². The van der Waals surface area contributed by atoms with Gasteiger partial charge in [-0.3, -0.25) is 0 Å². The van der Waals surface area contributed by atoms with E-state index in [2.05, 4.69) is 11.4 Å². The highest BCUT2D eigenvalue weighted by Gasteiger charge is 2.35. The zero-order valence-corrected chi connectivity index (χ0v) is 10.9. The van der Waals surface area contributed by atoms with Crippen molar-refractivity contribution < 1.29 is 13.2 Å². The number of hydrogen-bond acceptors (Lipinski definition) is 1. The molecule has 104 valence electrons. The third-order valence-corrected chi connectivity index (χ3v) is 3.56. The molecule has 1 N–H and O–H groups in total. The van der Waals surface area contributed by atoms with E-state index in [0.29, 0.717) is 5.56 Å². The van der Waals surface area contributed by atoms with E-state index in [1.807, 2.05) is 0 Å². The van der Waals surface area contributed by atoms with Crippen LogP contribution in [0, 0.1) is 0 Å². The first-order chi connectivity index (χ1) is 9.04. The van der Waals surface area contributed by atoms with Gasteiger partial charge >= 0.3 is 6.18 Å². The fourth-order valence-electron chi connectivity index (χ4n) is 2.67. The number of likely N-dealkylation sites (N-methyl/N-ethyl adjacent to an activating group) is 1. The Morgan fingerprint density at radius 3 is 2.47 bits per heavy atom. The van der Waals surface area contributed by atoms with Gasteiger partial charge in [0.25, 0.3) is 0 Å². The number of alkyl halides is 3. The van der Waals surface area contributed by atoms with Crippen molar-refractivity contribution in [2.45, 2.75) is 37.9 Å². The van der Waals surface area contributed by atoms with Gasteiger partial charge in [0, 0.05) is 0 Å². The van der Waals surface area contributed by atoms with E-state index in [0.717, 1.165) is 37.3 Å². The molecule has 2 rings (SSSR count). The summed E-state index contributed by atoms with van der Waals surface area (Å²) in [5.74, 6) is 0. The summed E-state index contributed by atoms with van der Waals surface area (Å²) < 4.78 is 39.2. The number of hydrogen-bond donors (Lipinski definition) is 1. The van der Waals surface area contributed by atoms with Crippen LogP contribution in [0.1, 0.15) is 42.9 Å². The van der Waals surface area contributed by atoms with Crippen LogP contribution >= 0.6 is 0 Å². The molecule has 0 saturated heterocycles. The van der Waals surface area contributed by atoms with Crippen LogP contribution < -0.4 is 5.32 Å². The molecule has 1 nitrogen and oxygen atoms in total. The van der Waals surface area contributed by atoms with Crippen LogP contribution in [0.15, 0.2) is 35.9 Å². The van der Waals surface area contributed by atoms with Crippen molar-refractivity contribution in [3.8, 4) is 0 Å². The van der Waals surface area contributed by atoms with E-state index in [4.69, 9.17) is 0 Å². The third kappa shape index (κ3) is 3.18. The van der Waals surface area contributed by atoms with E-state index in [1.54, 1.807) is 19.2 Å². The molecular weight excluding hydrogens is 251 g/mol. The zero-order chi connectivity index (χ0) is 13.9. The first-order valence-corrected chi connectivity index (χ1v) is 6.56. The lowest BCUT2D eigenvalue weighted by Crippen LogP contribution is -2.23. The van der Waals surface area contributed by atoms with E-state index in [9.17, 15) is 13.2 Å². The lowest BCUT2D eigenvalue weighted by molar-refractivity contribution is -0.138. The molecule has 4 heteroatoms. The van der Waals surface area contributed by atoms with E-state index < -0.39 is 11.7 Å². The van der Waals surface area contributed by atoms with Gasteiger partial charge in [-0.2, -0.15) is 13.2 Å². The predicted octanol–water partition coefficient (Wildman–Crippen LogP) is 4.47. The highest BCUT2D eigenvalue weighted by molar-refractivity contribution is 5.37. The molecule has 0 aromatic heterocycles. The molecule has 0 radical (unpaired) electrons. The Morgan fingerprint density at radius 1 is 1.16 bits per heavy atom. The molecule has 0 fully saturated rings. The molecule has 0 bridgehead atoms. The minimum atomic E-state index is -4.30. The van der Waals surface area contributed by atoms with Gasteiger partial charge in [-0.25, -0.2) is 0 Å². The van der Waals surface area contributed by atoms with Crippen LogP contribution in [-0.2, 0) is 6.18 Å². The summed E-state index contributed by atoms with van der Waals surface area (Å²) in [6.07, 6.45) is 1.79. The second-order valence-corrected chi connectivity index (χ2v) is 4.83. The van der Waals surface area contributed by atoms with Crippen LogP contribution in [0.4, 0.5) is 13.2 Å². The third-order valence-electron chi connectivity index (χ3n) is 3.56. The van der Waals surface area contributed by atoms with Gasteiger partial charge in [0.15, 0.2) is 0 Å². The van der Waals surface area contributed by atoms with Gasteiger partial charge in [0.2, 0.25) is 0 Å². The Hall–Kier alpha value is -1.29. The number of halogens is 3. The van der Waals surface area contributed by atoms with Crippen LogP contribution in [0.2, 0.25) is 0 Å². The molecule has 0 heterocycles. The minimum absolute atomic E-state index is 0.325. The second kappa shape index (κ2) is 5.78. The summed E-state index contributed by atoms with van der Waals surface area (Å²) in [7, 11) is 1.72. The van der Waals surface area contributed by atoms with Gasteiger partial charge in [0.1, 0.15) is 0 Å². The minimum Gasteiger partial charge on any atom is -0.310 e. The van der Waals surface area contributed by atoms with Gasteiger partial charge < -0.3 is 5.32 Å². The number of rotatable bonds is 3. The van der Waals surface area contributed by atoms with Crippen molar-refractivity contribution in [1.82, 2.24) is 5.32 Å². The van der Waals surface area contributed by atoms with Crippen LogP contribution in [-0.4, -0.2) is 7.05 Å². The SMILES string of the molecule is CNC(C1=CCCCC1)c1ccccc1C(F)(F)F. The highest BCUT2D eigenvalue weighted by Crippen LogP contribution is 2.38. The normalized spacial score (nSPS) is 18.0. The maximum absolute atomic E-state index is 13.1. The molecule has 0 saturated carbocycles. The molecular formula is C15H18F3N. The van der Waals surface area contributed by atoms with Crippen LogP contribution in [0.3, 0.4) is 0 Å². The smallest absolute Gasteiger partial charge is 0.310 e. The van der Waals surface area contributed by atoms with Crippen molar-refractivity contribution in [2.75, 3.05) is 7.05 Å². The fraction of sp³-hybridized carbons (Fsp3) is 0.467. The predicted molar refractivity (Wildman–Crippen MR) is 69.8 cm³/mol. The average Bonchev–Trinajstić information content (AvgIpc) is 2.40. The first kappa shape index (κ1) is 14.1. The summed E-state index contributed by atoms with van der Waals surface area (Å²) in [6, 6.07) is 5.49. The molecule has 1 aromatic carbocycles. The van der Waals surface area contributed by atoms with Crippen molar-refractivity contribution >= 4 is 0 Å². The fourth-order valence-corrected chi connectivity index (χ4v) is 2.67. The van der Waals surface area contributed by atoms with E-state index >= 15 is 0 Å². The van der Waals surface area contributed by atoms with E-state index in [1.165, 1.54) is 6.07 Å². The maximum atomic E-state index is 13.1. The Bertz CT molecular complexity index is 463. The quantitative estimate of drug-likeness (QED) is 0.798. The van der Waals surface area contributed by atoms with Crippen molar-refractivity contribution in [3.05, 3.63) is 47.0 Å². The van der Waals surface area contributed by atoms with Gasteiger partial charge in [-0.05, 0) is 44.4 Å². The molecule has 1 unspecified atom stereocenters. The average molecular weight is 269 g/mol. The van der Waals surface area contributed by atoms with Gasteiger partial charge in [-0.1, -0.05) is 29.8 Å². The van der Waals surface area contributed by atoms with Crippen LogP contribution in [0.5, 0.6) is 0 Å². The van der Waals surface area contributed by atoms with E-state index in [-0.39, 0.29) is 6.04 Å². The Morgan fingerprint density at radius 2 is 1.89 bits per heavy atom. The maximum Gasteiger partial charge on any atom is 0.416 e. The molecule has 1 aliphatic carbocycles. The summed E-state index contributed by atoms with van der Waals surface area (Å²) in [6.45, 7) is 0. The molecule has 1 aliphatic rings. The lowest BCUT2D eigenvalue weighted by atomic mass is 9.88. The Balaban J connectivity index is 2.41. The topological polar surface area (TPSA) is 12.0 Å². The largest absolute Gasteiger partial charge is 0.416 e. The number of allylic oxidation sites excluding steroid dienone is 1. The Labute approximate surface area is 111 Å². The number of benzene rings is 1. The first-order valence-electron chi connectivity index (χ1n) is 6.56. The molecule has 1 aromatic rings. The second-order valence-electron chi connectivity index (χ2n) is 4.83. The van der Waals surface area contributed by atoms with Crippen LogP contribution in [0.25, 0.3) is 0 Å². The van der Waals surface area contributed by atoms with Gasteiger partial charge in [-0.15, -0.1) is 0 Å². The molecule has 0 amide bonds. The van der Waals surface area contributed by atoms with Crippen molar-refractivity contribution in [3.63, 3.8) is 0 Å².